The first-order valence-corrected chi connectivity index (χ1v) is 9.34. The van der Waals surface area contributed by atoms with Gasteiger partial charge in [-0.2, -0.15) is 0 Å². The zero-order valence-corrected chi connectivity index (χ0v) is 16.2. The third-order valence-electron chi connectivity index (χ3n) is 6.91. The lowest BCUT2D eigenvalue weighted by molar-refractivity contribution is 0.0734. The number of H-pyrrole nitrogens is 1. The molecule has 0 radical (unpaired) electrons. The third kappa shape index (κ3) is 2.40. The van der Waals surface area contributed by atoms with Crippen molar-refractivity contribution >= 4 is 16.8 Å². The third-order valence-corrected chi connectivity index (χ3v) is 6.91. The number of hydrogen-bond donors (Lipinski definition) is 2. The van der Waals surface area contributed by atoms with Crippen LogP contribution in [0, 0.1) is 16.7 Å². The van der Waals surface area contributed by atoms with Crippen LogP contribution < -0.4 is 14.8 Å². The van der Waals surface area contributed by atoms with Crippen molar-refractivity contribution in [3.05, 3.63) is 23.9 Å². The van der Waals surface area contributed by atoms with Gasteiger partial charge < -0.3 is 19.8 Å². The number of carbonyl (C=O) groups excluding carboxylic acids is 1. The van der Waals surface area contributed by atoms with E-state index >= 15 is 0 Å². The molecule has 2 aliphatic carbocycles. The topological polar surface area (TPSA) is 63.3 Å². The smallest absolute Gasteiger partial charge is 0.267 e. The fraction of sp³-hybridized carbons (Fsp3) is 0.571. The predicted octanol–water partition coefficient (Wildman–Crippen LogP) is 4.13. The zero-order valence-electron chi connectivity index (χ0n) is 16.2. The van der Waals surface area contributed by atoms with Crippen molar-refractivity contribution < 1.29 is 14.3 Å². The lowest BCUT2D eigenvalue weighted by atomic mass is 9.68. The van der Waals surface area contributed by atoms with Crippen molar-refractivity contribution in [1.29, 1.82) is 0 Å². The lowest BCUT2D eigenvalue weighted by Crippen LogP contribution is -2.52. The van der Waals surface area contributed by atoms with E-state index in [1.807, 2.05) is 18.2 Å². The van der Waals surface area contributed by atoms with E-state index in [1.54, 1.807) is 14.2 Å². The Balaban J connectivity index is 1.63. The second-order valence-corrected chi connectivity index (χ2v) is 8.80. The van der Waals surface area contributed by atoms with Crippen molar-refractivity contribution in [1.82, 2.24) is 10.3 Å². The summed E-state index contributed by atoms with van der Waals surface area (Å²) in [5.41, 5.74) is 1.80. The number of nitrogens with one attached hydrogen (secondary N) is 2. The number of ether oxygens (including phenoxy) is 2. The van der Waals surface area contributed by atoms with Crippen LogP contribution in [0.15, 0.2) is 18.2 Å². The van der Waals surface area contributed by atoms with E-state index in [-0.39, 0.29) is 22.8 Å². The summed E-state index contributed by atoms with van der Waals surface area (Å²) in [6.07, 6.45) is 3.70. The van der Waals surface area contributed by atoms with Crippen LogP contribution in [0.3, 0.4) is 0 Å². The predicted molar refractivity (Wildman–Crippen MR) is 102 cm³/mol. The van der Waals surface area contributed by atoms with Gasteiger partial charge in [-0.15, -0.1) is 0 Å². The summed E-state index contributed by atoms with van der Waals surface area (Å²) in [6.45, 7) is 6.93. The molecule has 4 rings (SSSR count). The monoisotopic (exact) mass is 356 g/mol. The van der Waals surface area contributed by atoms with E-state index in [2.05, 4.69) is 31.1 Å². The van der Waals surface area contributed by atoms with Crippen LogP contribution in [0.1, 0.15) is 50.5 Å². The Morgan fingerprint density at radius 2 is 1.85 bits per heavy atom. The van der Waals surface area contributed by atoms with Crippen molar-refractivity contribution in [2.24, 2.45) is 16.7 Å². The van der Waals surface area contributed by atoms with Gasteiger partial charge in [0.05, 0.1) is 14.2 Å². The molecule has 2 bridgehead atoms. The maximum Gasteiger partial charge on any atom is 0.267 e. The average molecular weight is 356 g/mol. The van der Waals surface area contributed by atoms with Crippen LogP contribution >= 0.6 is 0 Å². The zero-order chi connectivity index (χ0) is 18.7. The Morgan fingerprint density at radius 1 is 1.15 bits per heavy atom. The normalized spacial score (nSPS) is 29.1. The number of aromatic nitrogens is 1. The fourth-order valence-corrected chi connectivity index (χ4v) is 5.45. The Labute approximate surface area is 154 Å². The van der Waals surface area contributed by atoms with Gasteiger partial charge >= 0.3 is 0 Å². The SMILES string of the molecule is COc1cc2cc(C(=O)NC3C(C)(C)C4CC[C@]3(C)C4)[nH]c2cc1OC. The van der Waals surface area contributed by atoms with Crippen LogP contribution in [0.4, 0.5) is 0 Å². The van der Waals surface area contributed by atoms with Gasteiger partial charge in [0.1, 0.15) is 5.69 Å². The number of fused-ring (bicyclic) bond motifs is 3. The highest BCUT2D eigenvalue weighted by molar-refractivity contribution is 5.99. The van der Waals surface area contributed by atoms with Crippen molar-refractivity contribution in [3.8, 4) is 11.5 Å². The summed E-state index contributed by atoms with van der Waals surface area (Å²) in [5.74, 6) is 1.98. The van der Waals surface area contributed by atoms with Gasteiger partial charge in [-0.25, -0.2) is 0 Å². The first-order chi connectivity index (χ1) is 12.3. The number of rotatable bonds is 4. The standard InChI is InChI=1S/C21H28N2O3/c1-20(2)13-6-7-21(3,11-13)19(20)23-18(24)15-8-12-9-16(25-4)17(26-5)10-14(12)22-15/h8-10,13,19,22H,6-7,11H2,1-5H3,(H,23,24)/t13?,19?,21-/m1/s1. The van der Waals surface area contributed by atoms with Crippen molar-refractivity contribution in [2.75, 3.05) is 14.2 Å². The number of benzene rings is 1. The molecule has 0 spiro atoms. The minimum Gasteiger partial charge on any atom is -0.493 e. The van der Waals surface area contributed by atoms with E-state index < -0.39 is 0 Å². The van der Waals surface area contributed by atoms with E-state index in [9.17, 15) is 4.79 Å². The summed E-state index contributed by atoms with van der Waals surface area (Å²) in [6, 6.07) is 5.85. The molecule has 2 aromatic rings. The van der Waals surface area contributed by atoms with Crippen LogP contribution in [-0.2, 0) is 0 Å². The molecule has 140 valence electrons. The average Bonchev–Trinajstić information content (AvgIpc) is 3.25. The molecular weight excluding hydrogens is 328 g/mol. The van der Waals surface area contributed by atoms with Crippen LogP contribution in [0.2, 0.25) is 0 Å². The minimum atomic E-state index is -0.0361. The van der Waals surface area contributed by atoms with E-state index in [0.717, 1.165) is 10.9 Å². The van der Waals surface area contributed by atoms with Crippen molar-refractivity contribution in [3.63, 3.8) is 0 Å². The maximum atomic E-state index is 13.0. The molecule has 5 heteroatoms. The number of hydrogen-bond acceptors (Lipinski definition) is 3. The Hall–Kier alpha value is -2.17. The van der Waals surface area contributed by atoms with Crippen LogP contribution in [0.25, 0.3) is 10.9 Å². The van der Waals surface area contributed by atoms with Gasteiger partial charge in [-0.1, -0.05) is 20.8 Å². The highest BCUT2D eigenvalue weighted by Crippen LogP contribution is 2.62. The van der Waals surface area contributed by atoms with Gasteiger partial charge in [0.25, 0.3) is 5.91 Å². The number of methoxy groups -OCH3 is 2. The highest BCUT2D eigenvalue weighted by atomic mass is 16.5. The number of amides is 1. The molecule has 1 aromatic carbocycles. The largest absolute Gasteiger partial charge is 0.493 e. The number of aromatic amines is 1. The minimum absolute atomic E-state index is 0.0361. The van der Waals surface area contributed by atoms with Crippen molar-refractivity contribution in [2.45, 2.75) is 46.1 Å². The molecule has 5 nitrogen and oxygen atoms in total. The summed E-state index contributed by atoms with van der Waals surface area (Å²) >= 11 is 0. The molecule has 1 amide bonds. The molecule has 1 aromatic heterocycles. The molecule has 0 saturated heterocycles. The summed E-state index contributed by atoms with van der Waals surface area (Å²) in [4.78, 5) is 16.2. The summed E-state index contributed by atoms with van der Waals surface area (Å²) in [7, 11) is 3.22. The van der Waals surface area contributed by atoms with Gasteiger partial charge in [0, 0.05) is 23.0 Å². The Kier molecular flexibility index (Phi) is 3.76. The summed E-state index contributed by atoms with van der Waals surface area (Å²) in [5, 5.41) is 4.28. The molecular formula is C21H28N2O3. The van der Waals surface area contributed by atoms with Gasteiger partial charge in [-0.05, 0) is 48.1 Å². The number of carbonyl (C=O) groups is 1. The fourth-order valence-electron chi connectivity index (χ4n) is 5.45. The molecule has 0 aliphatic heterocycles. The van der Waals surface area contributed by atoms with Gasteiger partial charge in [0.2, 0.25) is 0 Å². The van der Waals surface area contributed by atoms with Crippen LogP contribution in [-0.4, -0.2) is 31.2 Å². The van der Waals surface area contributed by atoms with E-state index in [4.69, 9.17) is 9.47 Å². The first-order valence-electron chi connectivity index (χ1n) is 9.34. The highest BCUT2D eigenvalue weighted by Gasteiger charge is 2.59. The van der Waals surface area contributed by atoms with Gasteiger partial charge in [-0.3, -0.25) is 4.79 Å². The second-order valence-electron chi connectivity index (χ2n) is 8.80. The lowest BCUT2D eigenvalue weighted by Gasteiger charge is -2.43. The molecule has 2 aliphatic rings. The Bertz CT molecular complexity index is 824. The molecule has 2 fully saturated rings. The molecule has 3 atom stereocenters. The second kappa shape index (κ2) is 5.66. The quantitative estimate of drug-likeness (QED) is 0.866. The van der Waals surface area contributed by atoms with Gasteiger partial charge in [0.15, 0.2) is 11.5 Å². The molecule has 26 heavy (non-hydrogen) atoms. The maximum absolute atomic E-state index is 13.0. The first kappa shape index (κ1) is 17.3. The molecule has 2 N–H and O–H groups in total. The summed E-state index contributed by atoms with van der Waals surface area (Å²) < 4.78 is 10.7. The molecule has 1 heterocycles. The van der Waals surface area contributed by atoms with E-state index in [1.165, 1.54) is 19.3 Å². The molecule has 2 unspecified atom stereocenters. The van der Waals surface area contributed by atoms with Crippen LogP contribution in [0.5, 0.6) is 11.5 Å². The van der Waals surface area contributed by atoms with E-state index in [0.29, 0.717) is 23.1 Å². The Morgan fingerprint density at radius 3 is 2.46 bits per heavy atom. The molecule has 2 saturated carbocycles.